The van der Waals surface area contributed by atoms with E-state index in [1.165, 1.54) is 18.4 Å². The van der Waals surface area contributed by atoms with Crippen LogP contribution in [0.25, 0.3) is 0 Å². The molecule has 3 nitrogen and oxygen atoms in total. The van der Waals surface area contributed by atoms with Gasteiger partial charge in [0.25, 0.3) is 5.91 Å². The molecule has 1 aromatic carbocycles. The smallest absolute Gasteiger partial charge is 0.252 e. The molecule has 0 aromatic heterocycles. The zero-order valence-corrected chi connectivity index (χ0v) is 13.7. The van der Waals surface area contributed by atoms with Gasteiger partial charge in [0, 0.05) is 12.7 Å². The SMILES string of the molecule is Cc1ccc(N(C)C(=O)COC2CCCC(C)C2)c(C)c1. The van der Waals surface area contributed by atoms with Crippen molar-refractivity contribution in [1.29, 1.82) is 0 Å². The van der Waals surface area contributed by atoms with Gasteiger partial charge in [0.1, 0.15) is 6.61 Å². The zero-order valence-electron chi connectivity index (χ0n) is 13.7. The molecule has 1 aromatic rings. The van der Waals surface area contributed by atoms with E-state index in [1.807, 2.05) is 26.1 Å². The Labute approximate surface area is 128 Å². The Morgan fingerprint density at radius 3 is 2.76 bits per heavy atom. The third kappa shape index (κ3) is 4.31. The predicted octanol–water partition coefficient (Wildman–Crippen LogP) is 3.86. The van der Waals surface area contributed by atoms with Gasteiger partial charge >= 0.3 is 0 Å². The Bertz CT molecular complexity index is 498. The van der Waals surface area contributed by atoms with Gasteiger partial charge in [-0.1, -0.05) is 37.5 Å². The molecule has 2 atom stereocenters. The summed E-state index contributed by atoms with van der Waals surface area (Å²) in [6, 6.07) is 6.14. The predicted molar refractivity (Wildman–Crippen MR) is 86.7 cm³/mol. The number of anilines is 1. The summed E-state index contributed by atoms with van der Waals surface area (Å²) in [7, 11) is 1.83. The van der Waals surface area contributed by atoms with Gasteiger partial charge in [0.2, 0.25) is 0 Å². The van der Waals surface area contributed by atoms with Crippen LogP contribution in [0.15, 0.2) is 18.2 Å². The summed E-state index contributed by atoms with van der Waals surface area (Å²) in [5.41, 5.74) is 3.30. The molecular weight excluding hydrogens is 262 g/mol. The lowest BCUT2D eigenvalue weighted by Gasteiger charge is -2.27. The third-order valence-electron chi connectivity index (χ3n) is 4.42. The van der Waals surface area contributed by atoms with Crippen molar-refractivity contribution >= 4 is 11.6 Å². The topological polar surface area (TPSA) is 29.5 Å². The van der Waals surface area contributed by atoms with Gasteiger partial charge in [-0.25, -0.2) is 0 Å². The van der Waals surface area contributed by atoms with E-state index < -0.39 is 0 Å². The maximum absolute atomic E-state index is 12.3. The molecule has 1 amide bonds. The van der Waals surface area contributed by atoms with Gasteiger partial charge in [-0.2, -0.15) is 0 Å². The summed E-state index contributed by atoms with van der Waals surface area (Å²) >= 11 is 0. The average Bonchev–Trinajstić information content (AvgIpc) is 2.44. The summed E-state index contributed by atoms with van der Waals surface area (Å²) in [4.78, 5) is 14.0. The Kier molecular flexibility index (Phi) is 5.40. The summed E-state index contributed by atoms with van der Waals surface area (Å²) in [6.07, 6.45) is 4.93. The van der Waals surface area contributed by atoms with Crippen molar-refractivity contribution in [3.63, 3.8) is 0 Å². The molecule has 1 aliphatic rings. The maximum Gasteiger partial charge on any atom is 0.252 e. The molecular formula is C18H27NO2. The largest absolute Gasteiger partial charge is 0.368 e. The zero-order chi connectivity index (χ0) is 15.4. The molecule has 1 fully saturated rings. The van der Waals surface area contributed by atoms with Gasteiger partial charge in [-0.05, 0) is 44.2 Å². The minimum absolute atomic E-state index is 0.0279. The molecule has 0 saturated heterocycles. The van der Waals surface area contributed by atoms with E-state index in [2.05, 4.69) is 19.9 Å². The fourth-order valence-corrected chi connectivity index (χ4v) is 3.13. The molecule has 0 radical (unpaired) electrons. The minimum atomic E-state index is 0.0279. The van der Waals surface area contributed by atoms with E-state index in [0.717, 1.165) is 30.0 Å². The molecule has 3 heteroatoms. The van der Waals surface area contributed by atoms with E-state index in [0.29, 0.717) is 0 Å². The quantitative estimate of drug-likeness (QED) is 0.842. The van der Waals surface area contributed by atoms with Gasteiger partial charge < -0.3 is 9.64 Å². The second-order valence-corrected chi connectivity index (χ2v) is 6.45. The average molecular weight is 289 g/mol. The summed E-state index contributed by atoms with van der Waals surface area (Å²) in [6.45, 7) is 6.54. The van der Waals surface area contributed by atoms with Crippen LogP contribution in [-0.4, -0.2) is 25.7 Å². The van der Waals surface area contributed by atoms with Crippen LogP contribution in [0, 0.1) is 19.8 Å². The van der Waals surface area contributed by atoms with Crippen molar-refractivity contribution in [3.8, 4) is 0 Å². The van der Waals surface area contributed by atoms with Crippen LogP contribution < -0.4 is 4.90 Å². The Morgan fingerprint density at radius 2 is 2.10 bits per heavy atom. The Balaban J connectivity index is 1.90. The van der Waals surface area contributed by atoms with Crippen LogP contribution in [0.1, 0.15) is 43.7 Å². The van der Waals surface area contributed by atoms with Crippen LogP contribution in [0.3, 0.4) is 0 Å². The maximum atomic E-state index is 12.3. The third-order valence-corrected chi connectivity index (χ3v) is 4.42. The minimum Gasteiger partial charge on any atom is -0.368 e. The lowest BCUT2D eigenvalue weighted by molar-refractivity contribution is -0.125. The van der Waals surface area contributed by atoms with Crippen molar-refractivity contribution in [2.24, 2.45) is 5.92 Å². The number of carbonyl (C=O) groups is 1. The lowest BCUT2D eigenvalue weighted by atomic mass is 9.89. The summed E-state index contributed by atoms with van der Waals surface area (Å²) in [5, 5.41) is 0. The van der Waals surface area contributed by atoms with E-state index >= 15 is 0 Å². The van der Waals surface area contributed by atoms with Crippen LogP contribution in [0.4, 0.5) is 5.69 Å². The van der Waals surface area contributed by atoms with Gasteiger partial charge in [-0.15, -0.1) is 0 Å². The first-order valence-corrected chi connectivity index (χ1v) is 7.92. The normalized spacial score (nSPS) is 22.1. The molecule has 0 bridgehead atoms. The molecule has 0 spiro atoms. The van der Waals surface area contributed by atoms with E-state index in [4.69, 9.17) is 4.74 Å². The second-order valence-electron chi connectivity index (χ2n) is 6.45. The van der Waals surface area contributed by atoms with Crippen LogP contribution in [0.2, 0.25) is 0 Å². The summed E-state index contributed by atoms with van der Waals surface area (Å²) < 4.78 is 5.83. The van der Waals surface area contributed by atoms with Crippen molar-refractivity contribution in [2.75, 3.05) is 18.6 Å². The molecule has 2 rings (SSSR count). The van der Waals surface area contributed by atoms with Crippen molar-refractivity contribution in [2.45, 2.75) is 52.6 Å². The number of likely N-dealkylation sites (N-methyl/N-ethyl adjacent to an activating group) is 1. The Hall–Kier alpha value is -1.35. The number of hydrogen-bond donors (Lipinski definition) is 0. The molecule has 2 unspecified atom stereocenters. The summed E-state index contributed by atoms with van der Waals surface area (Å²) in [5.74, 6) is 0.746. The van der Waals surface area contributed by atoms with E-state index in [-0.39, 0.29) is 18.6 Å². The number of rotatable bonds is 4. The molecule has 0 heterocycles. The monoisotopic (exact) mass is 289 g/mol. The highest BCUT2D eigenvalue weighted by Crippen LogP contribution is 2.26. The number of ether oxygens (including phenoxy) is 1. The molecule has 1 aliphatic carbocycles. The van der Waals surface area contributed by atoms with E-state index in [9.17, 15) is 4.79 Å². The number of hydrogen-bond acceptors (Lipinski definition) is 2. The lowest BCUT2D eigenvalue weighted by Crippen LogP contribution is -2.33. The molecule has 21 heavy (non-hydrogen) atoms. The number of amides is 1. The highest BCUT2D eigenvalue weighted by Gasteiger charge is 2.21. The molecule has 0 N–H and O–H groups in total. The molecule has 116 valence electrons. The van der Waals surface area contributed by atoms with Crippen molar-refractivity contribution in [1.82, 2.24) is 0 Å². The highest BCUT2D eigenvalue weighted by atomic mass is 16.5. The van der Waals surface area contributed by atoms with Gasteiger partial charge in [-0.3, -0.25) is 4.79 Å². The van der Waals surface area contributed by atoms with Gasteiger partial charge in [0.15, 0.2) is 0 Å². The van der Waals surface area contributed by atoms with Crippen molar-refractivity contribution < 1.29 is 9.53 Å². The van der Waals surface area contributed by atoms with Crippen molar-refractivity contribution in [3.05, 3.63) is 29.3 Å². The molecule has 0 aliphatic heterocycles. The molecule has 1 saturated carbocycles. The number of carbonyl (C=O) groups excluding carboxylic acids is 1. The second kappa shape index (κ2) is 7.08. The van der Waals surface area contributed by atoms with Crippen LogP contribution in [0.5, 0.6) is 0 Å². The standard InChI is InChI=1S/C18H27NO2/c1-13-6-5-7-16(11-13)21-12-18(20)19(4)17-9-8-14(2)10-15(17)3/h8-10,13,16H,5-7,11-12H2,1-4H3. The Morgan fingerprint density at radius 1 is 1.33 bits per heavy atom. The number of nitrogens with zero attached hydrogens (tertiary/aromatic N) is 1. The van der Waals surface area contributed by atoms with Gasteiger partial charge in [0.05, 0.1) is 6.10 Å². The first kappa shape index (κ1) is 16.0. The first-order valence-electron chi connectivity index (χ1n) is 7.92. The number of benzene rings is 1. The van der Waals surface area contributed by atoms with Crippen LogP contribution in [-0.2, 0) is 9.53 Å². The van der Waals surface area contributed by atoms with Crippen LogP contribution >= 0.6 is 0 Å². The highest BCUT2D eigenvalue weighted by molar-refractivity contribution is 5.94. The fraction of sp³-hybridized carbons (Fsp3) is 0.611. The fourth-order valence-electron chi connectivity index (χ4n) is 3.13. The number of aryl methyl sites for hydroxylation is 2. The first-order chi connectivity index (χ1) is 9.97. The van der Waals surface area contributed by atoms with E-state index in [1.54, 1.807) is 4.90 Å².